The second kappa shape index (κ2) is 15.1. The van der Waals surface area contributed by atoms with Crippen LogP contribution in [0.15, 0.2) is 48.5 Å². The fourth-order valence-electron chi connectivity index (χ4n) is 4.87. The van der Waals surface area contributed by atoms with E-state index in [1.54, 1.807) is 18.2 Å². The molecule has 0 aromatic heterocycles. The number of carboxylic acid groups (broad SMARTS) is 1. The molecule has 0 radical (unpaired) electrons. The highest BCUT2D eigenvalue weighted by atomic mass is 33.1. The number of benzene rings is 2. The zero-order valence-corrected chi connectivity index (χ0v) is 25.9. The number of rotatable bonds is 13. The number of ether oxygens (including phenoxy) is 1. The topological polar surface area (TPSA) is 162 Å². The maximum Gasteiger partial charge on any atom is 0.411 e. The lowest BCUT2D eigenvalue weighted by atomic mass is 10.0. The first-order valence-electron chi connectivity index (χ1n) is 14.1. The van der Waals surface area contributed by atoms with Gasteiger partial charge in [0.05, 0.1) is 0 Å². The summed E-state index contributed by atoms with van der Waals surface area (Å²) >= 11 is 0. The van der Waals surface area contributed by atoms with Crippen LogP contribution in [0.2, 0.25) is 0 Å². The lowest BCUT2D eigenvalue weighted by Crippen LogP contribution is -2.52. The monoisotopic (exact) mass is 642 g/mol. The zero-order chi connectivity index (χ0) is 31.8. The number of aliphatic carboxylic acids is 1. The Kier molecular flexibility index (Phi) is 11.3. The third-order valence-corrected chi connectivity index (χ3v) is 10.4. The van der Waals surface area contributed by atoms with Crippen molar-refractivity contribution in [2.24, 2.45) is 0 Å². The predicted molar refractivity (Wildman–Crippen MR) is 166 cm³/mol. The van der Waals surface area contributed by atoms with Crippen LogP contribution < -0.4 is 10.6 Å². The molecule has 0 saturated carbocycles. The van der Waals surface area contributed by atoms with Crippen molar-refractivity contribution < 1.29 is 38.6 Å². The fourth-order valence-corrected chi connectivity index (χ4v) is 7.09. The summed E-state index contributed by atoms with van der Waals surface area (Å²) < 4.78 is 5.40. The number of nitrogens with zero attached hydrogens (tertiary/aromatic N) is 2. The third-order valence-electron chi connectivity index (χ3n) is 7.01. The molecule has 4 rings (SSSR count). The van der Waals surface area contributed by atoms with Crippen LogP contribution in [0.1, 0.15) is 54.6 Å². The van der Waals surface area contributed by atoms with Crippen molar-refractivity contribution in [3.63, 3.8) is 0 Å². The smallest absolute Gasteiger partial charge is 0.411 e. The van der Waals surface area contributed by atoms with Crippen molar-refractivity contribution in [3.8, 4) is 0 Å². The van der Waals surface area contributed by atoms with E-state index in [0.717, 1.165) is 5.56 Å². The van der Waals surface area contributed by atoms with Crippen LogP contribution >= 0.6 is 21.6 Å². The Hall–Kier alpha value is -4.04. The molecule has 2 heterocycles. The minimum Gasteiger partial charge on any atom is -0.480 e. The SMILES string of the molecule is C[C@H](COC(=O)Nc1cccc2c1CN(C1CCC(=O)NC1=O)C2=O)SS[C@H](C)CC(=O)N(CC(=O)O)Cc1ccccc1. The molecule has 1 saturated heterocycles. The maximum absolute atomic E-state index is 13.0. The molecule has 0 spiro atoms. The van der Waals surface area contributed by atoms with Crippen LogP contribution in [-0.4, -0.2) is 80.3 Å². The normalized spacial score (nSPS) is 17.4. The van der Waals surface area contributed by atoms with E-state index >= 15 is 0 Å². The summed E-state index contributed by atoms with van der Waals surface area (Å²) in [5.41, 5.74) is 2.19. The number of amides is 5. The van der Waals surface area contributed by atoms with Crippen molar-refractivity contribution in [2.45, 2.75) is 62.7 Å². The van der Waals surface area contributed by atoms with E-state index in [9.17, 15) is 33.9 Å². The first kappa shape index (κ1) is 32.9. The standard InChI is InChI=1S/C30H34N4O8S2/c1-18(13-26(36)33(16-27(37)38)14-20-7-4-3-5-8-20)43-44-19(2)17-42-30(41)31-23-10-6-9-21-22(23)15-34(29(21)40)24-11-12-25(35)32-28(24)39/h3-10,18-19,24H,11-17H2,1-2H3,(H,31,41)(H,37,38)(H,32,35,39)/t18-,19-,24?/m1/s1. The van der Waals surface area contributed by atoms with Crippen LogP contribution in [0.4, 0.5) is 10.5 Å². The molecule has 1 fully saturated rings. The molecule has 2 aliphatic heterocycles. The van der Waals surface area contributed by atoms with Gasteiger partial charge in [-0.1, -0.05) is 64.9 Å². The molecule has 14 heteroatoms. The molecule has 44 heavy (non-hydrogen) atoms. The van der Waals surface area contributed by atoms with Gasteiger partial charge < -0.3 is 19.6 Å². The second-order valence-electron chi connectivity index (χ2n) is 10.6. The van der Waals surface area contributed by atoms with Crippen molar-refractivity contribution in [1.82, 2.24) is 15.1 Å². The van der Waals surface area contributed by atoms with Gasteiger partial charge in [-0.05, 0) is 31.0 Å². The summed E-state index contributed by atoms with van der Waals surface area (Å²) in [5, 5.41) is 14.0. The van der Waals surface area contributed by atoms with Gasteiger partial charge in [-0.2, -0.15) is 0 Å². The summed E-state index contributed by atoms with van der Waals surface area (Å²) in [6, 6.07) is 13.4. The first-order valence-corrected chi connectivity index (χ1v) is 16.4. The number of carboxylic acids is 1. The van der Waals surface area contributed by atoms with Gasteiger partial charge in [-0.3, -0.25) is 34.6 Å². The minimum absolute atomic E-state index is 0.0830. The van der Waals surface area contributed by atoms with E-state index in [1.165, 1.54) is 31.4 Å². The summed E-state index contributed by atoms with van der Waals surface area (Å²) in [7, 11) is 2.91. The van der Waals surface area contributed by atoms with Gasteiger partial charge in [0.25, 0.3) is 5.91 Å². The number of hydrogen-bond acceptors (Lipinski definition) is 9. The van der Waals surface area contributed by atoms with Gasteiger partial charge in [0.1, 0.15) is 19.2 Å². The van der Waals surface area contributed by atoms with Crippen LogP contribution in [0.5, 0.6) is 0 Å². The molecule has 3 N–H and O–H groups in total. The van der Waals surface area contributed by atoms with Crippen molar-refractivity contribution in [2.75, 3.05) is 18.5 Å². The van der Waals surface area contributed by atoms with E-state index in [0.29, 0.717) is 16.8 Å². The second-order valence-corrected chi connectivity index (χ2v) is 13.8. The highest BCUT2D eigenvalue weighted by Crippen LogP contribution is 2.34. The highest BCUT2D eigenvalue weighted by Gasteiger charge is 2.40. The quantitative estimate of drug-likeness (QED) is 0.217. The van der Waals surface area contributed by atoms with Crippen molar-refractivity contribution >= 4 is 63.0 Å². The van der Waals surface area contributed by atoms with Gasteiger partial charge >= 0.3 is 12.1 Å². The van der Waals surface area contributed by atoms with E-state index < -0.39 is 24.0 Å². The number of carbonyl (C=O) groups is 6. The van der Waals surface area contributed by atoms with Gasteiger partial charge in [-0.15, -0.1) is 0 Å². The Labute approximate surface area is 262 Å². The van der Waals surface area contributed by atoms with Crippen LogP contribution in [0.25, 0.3) is 0 Å². The Balaban J connectivity index is 1.23. The fraction of sp³-hybridized carbons (Fsp3) is 0.400. The molecule has 3 atom stereocenters. The molecule has 12 nitrogen and oxygen atoms in total. The predicted octanol–water partition coefficient (Wildman–Crippen LogP) is 3.66. The van der Waals surface area contributed by atoms with Crippen LogP contribution in [-0.2, 0) is 37.0 Å². The molecule has 234 valence electrons. The summed E-state index contributed by atoms with van der Waals surface area (Å²) in [5.74, 6) is -2.55. The third kappa shape index (κ3) is 8.76. The Morgan fingerprint density at radius 3 is 2.50 bits per heavy atom. The van der Waals surface area contributed by atoms with Gasteiger partial charge in [0.2, 0.25) is 17.7 Å². The minimum atomic E-state index is -1.08. The van der Waals surface area contributed by atoms with Crippen molar-refractivity contribution in [1.29, 1.82) is 0 Å². The largest absolute Gasteiger partial charge is 0.480 e. The molecule has 0 bridgehead atoms. The number of carbonyl (C=O) groups excluding carboxylic acids is 5. The maximum atomic E-state index is 13.0. The number of hydrogen-bond donors (Lipinski definition) is 3. The molecule has 2 aromatic rings. The van der Waals surface area contributed by atoms with E-state index in [4.69, 9.17) is 4.74 Å². The number of imide groups is 1. The molecular formula is C30H34N4O8S2. The molecular weight excluding hydrogens is 608 g/mol. The number of nitrogens with one attached hydrogen (secondary N) is 2. The number of anilines is 1. The lowest BCUT2D eigenvalue weighted by Gasteiger charge is -2.29. The number of fused-ring (bicyclic) bond motifs is 1. The van der Waals surface area contributed by atoms with Gasteiger partial charge in [-0.25, -0.2) is 4.79 Å². The Bertz CT molecular complexity index is 1420. The summed E-state index contributed by atoms with van der Waals surface area (Å²) in [6.07, 6.45) is -0.158. The molecule has 5 amide bonds. The first-order chi connectivity index (χ1) is 21.0. The molecule has 0 aliphatic carbocycles. The molecule has 1 unspecified atom stereocenters. The zero-order valence-electron chi connectivity index (χ0n) is 24.3. The van der Waals surface area contributed by atoms with Crippen LogP contribution in [0.3, 0.4) is 0 Å². The Morgan fingerprint density at radius 2 is 1.80 bits per heavy atom. The van der Waals surface area contributed by atoms with Crippen LogP contribution in [0, 0.1) is 0 Å². The van der Waals surface area contributed by atoms with E-state index in [-0.39, 0.29) is 73.7 Å². The summed E-state index contributed by atoms with van der Waals surface area (Å²) in [4.78, 5) is 76.4. The average Bonchev–Trinajstić information content (AvgIpc) is 3.31. The summed E-state index contributed by atoms with van der Waals surface area (Å²) in [6.45, 7) is 3.79. The average molecular weight is 643 g/mol. The van der Waals surface area contributed by atoms with Crippen molar-refractivity contribution in [3.05, 3.63) is 65.2 Å². The lowest BCUT2D eigenvalue weighted by molar-refractivity contribution is -0.144. The Morgan fingerprint density at radius 1 is 1.07 bits per heavy atom. The molecule has 2 aliphatic rings. The number of piperidine rings is 1. The van der Waals surface area contributed by atoms with Gasteiger partial charge in [0, 0.05) is 53.2 Å². The van der Waals surface area contributed by atoms with Gasteiger partial charge in [0.15, 0.2) is 0 Å². The highest BCUT2D eigenvalue weighted by molar-refractivity contribution is 8.77. The van der Waals surface area contributed by atoms with E-state index in [1.807, 2.05) is 44.2 Å². The molecule has 2 aromatic carbocycles. The van der Waals surface area contributed by atoms with E-state index in [2.05, 4.69) is 10.6 Å².